The maximum atomic E-state index is 12.3. The van der Waals surface area contributed by atoms with Crippen LogP contribution in [0.4, 0.5) is 0 Å². The Morgan fingerprint density at radius 1 is 0.754 bits per heavy atom. The minimum absolute atomic E-state index is 0.0660. The Morgan fingerprint density at radius 3 is 2.07 bits per heavy atom. The summed E-state index contributed by atoms with van der Waals surface area (Å²) in [7, 11) is 0. The fraction of sp³-hybridized carbons (Fsp3) is 0.956. The molecule has 8 rings (SSSR count). The van der Waals surface area contributed by atoms with Gasteiger partial charge >= 0.3 is 11.9 Å². The van der Waals surface area contributed by atoms with Crippen LogP contribution in [0.2, 0.25) is 0 Å². The van der Waals surface area contributed by atoms with Gasteiger partial charge in [0.2, 0.25) is 0 Å². The molecule has 3 heterocycles. The van der Waals surface area contributed by atoms with Crippen LogP contribution in [0.3, 0.4) is 0 Å². The Balaban J connectivity index is 1.14. The van der Waals surface area contributed by atoms with Crippen LogP contribution in [0.25, 0.3) is 0 Å². The van der Waals surface area contributed by atoms with Crippen molar-refractivity contribution in [2.75, 3.05) is 13.2 Å². The van der Waals surface area contributed by atoms with E-state index in [2.05, 4.69) is 34.6 Å². The van der Waals surface area contributed by atoms with Crippen LogP contribution in [-0.2, 0) is 42.7 Å². The normalized spacial score (nSPS) is 53.8. The van der Waals surface area contributed by atoms with Gasteiger partial charge in [-0.05, 0) is 117 Å². The van der Waals surface area contributed by atoms with Gasteiger partial charge in [0.15, 0.2) is 24.8 Å². The second-order valence-corrected chi connectivity index (χ2v) is 22.2. The van der Waals surface area contributed by atoms with Crippen LogP contribution in [0.5, 0.6) is 0 Å². The van der Waals surface area contributed by atoms with Gasteiger partial charge in [0.05, 0.1) is 48.8 Å². The predicted molar refractivity (Wildman–Crippen MR) is 213 cm³/mol. The Bertz CT molecular complexity index is 1680. The lowest BCUT2D eigenvalue weighted by atomic mass is 9.41. The fourth-order valence-corrected chi connectivity index (χ4v) is 15.5. The summed E-state index contributed by atoms with van der Waals surface area (Å²) in [6.07, 6.45) is -7.81. The molecule has 3 saturated heterocycles. The molecular formula is C45H72O16. The zero-order chi connectivity index (χ0) is 44.6. The molecule has 3 aliphatic heterocycles. The van der Waals surface area contributed by atoms with E-state index in [4.69, 9.17) is 33.2 Å². The molecule has 21 atom stereocenters. The molecule has 0 aromatic heterocycles. The summed E-state index contributed by atoms with van der Waals surface area (Å²) in [6, 6.07) is 0. The second kappa shape index (κ2) is 15.3. The van der Waals surface area contributed by atoms with Gasteiger partial charge in [-0.25, -0.2) is 0 Å². The molecule has 5 aliphatic carbocycles. The minimum Gasteiger partial charge on any atom is -0.457 e. The third-order valence-corrected chi connectivity index (χ3v) is 18.2. The summed E-state index contributed by atoms with van der Waals surface area (Å²) in [5, 5.41) is 77.6. The molecule has 61 heavy (non-hydrogen) atoms. The van der Waals surface area contributed by atoms with Crippen molar-refractivity contribution in [3.8, 4) is 0 Å². The topological polar surface area (TPSA) is 240 Å². The van der Waals surface area contributed by atoms with Crippen molar-refractivity contribution in [1.82, 2.24) is 0 Å². The molecule has 2 spiro atoms. The molecule has 0 aromatic carbocycles. The Labute approximate surface area is 358 Å². The predicted octanol–water partition coefficient (Wildman–Crippen LogP) is 1.87. The van der Waals surface area contributed by atoms with Gasteiger partial charge in [-0.3, -0.25) is 9.59 Å². The first kappa shape index (κ1) is 46.0. The van der Waals surface area contributed by atoms with E-state index in [1.807, 2.05) is 0 Å². The summed E-state index contributed by atoms with van der Waals surface area (Å²) in [5.41, 5.74) is -3.44. The van der Waals surface area contributed by atoms with Gasteiger partial charge in [-0.1, -0.05) is 27.7 Å². The lowest BCUT2D eigenvalue weighted by Gasteiger charge is -2.65. The molecular weight excluding hydrogens is 796 g/mol. The van der Waals surface area contributed by atoms with Gasteiger partial charge in [-0.15, -0.1) is 0 Å². The van der Waals surface area contributed by atoms with E-state index in [1.54, 1.807) is 13.8 Å². The van der Waals surface area contributed by atoms with Crippen LogP contribution in [-0.4, -0.2) is 152 Å². The van der Waals surface area contributed by atoms with Gasteiger partial charge in [0.25, 0.3) is 0 Å². The van der Waals surface area contributed by atoms with Crippen molar-refractivity contribution in [2.24, 2.45) is 44.8 Å². The summed E-state index contributed by atoms with van der Waals surface area (Å²) >= 11 is 0. The fourth-order valence-electron chi connectivity index (χ4n) is 15.5. The van der Waals surface area contributed by atoms with Crippen molar-refractivity contribution in [1.29, 1.82) is 0 Å². The molecule has 7 N–H and O–H groups in total. The van der Waals surface area contributed by atoms with Crippen molar-refractivity contribution in [3.05, 3.63) is 0 Å². The van der Waals surface area contributed by atoms with Gasteiger partial charge in [-0.2, -0.15) is 0 Å². The highest BCUT2D eigenvalue weighted by Crippen LogP contribution is 2.89. The standard InChI is InChI=1S/C45H72O16/c1-21(47)56-26-19-55-38(34(31(26)51)57-22(2)48)60-28-11-13-45-20-44(45)15-14-41(7)35(43(9)12-10-29(61-43)40(5,6)54)23(49)17-42(41,8)27(44)16-24(36(45)39(28,3)4)58-37-33(53)32(52)30(50)25(18-46)59-37/h23-38,46,49-54H,10-20H2,1-9H3/t23-,24-,25+,26+,27-,28-,29-,30+,31-,32-,33+,34+,35-,36-,37+,38-,41+,42-,43+,44-,45+/m1/s1. The Morgan fingerprint density at radius 2 is 1.44 bits per heavy atom. The van der Waals surface area contributed by atoms with Gasteiger partial charge in [0, 0.05) is 19.8 Å². The highest BCUT2D eigenvalue weighted by molar-refractivity contribution is 5.67. The molecule has 8 fully saturated rings. The number of fused-ring (bicyclic) bond motifs is 2. The van der Waals surface area contributed by atoms with Crippen LogP contribution < -0.4 is 0 Å². The first-order valence-corrected chi connectivity index (χ1v) is 22.6. The smallest absolute Gasteiger partial charge is 0.303 e. The number of esters is 2. The zero-order valence-corrected chi connectivity index (χ0v) is 37.3. The number of aliphatic hydroxyl groups excluding tert-OH is 6. The van der Waals surface area contributed by atoms with Crippen LogP contribution in [0.15, 0.2) is 0 Å². The average molecular weight is 869 g/mol. The first-order valence-electron chi connectivity index (χ1n) is 22.6. The summed E-state index contributed by atoms with van der Waals surface area (Å²) < 4.78 is 43.4. The van der Waals surface area contributed by atoms with Gasteiger partial charge in [0.1, 0.15) is 30.5 Å². The van der Waals surface area contributed by atoms with E-state index in [0.717, 1.165) is 32.1 Å². The molecule has 0 amide bonds. The van der Waals surface area contributed by atoms with E-state index >= 15 is 0 Å². The van der Waals surface area contributed by atoms with Crippen LogP contribution in [0.1, 0.15) is 120 Å². The highest BCUT2D eigenvalue weighted by Gasteiger charge is 2.85. The highest BCUT2D eigenvalue weighted by atomic mass is 16.7. The number of carbonyl (C=O) groups is 2. The lowest BCUT2D eigenvalue weighted by molar-refractivity contribution is -0.339. The number of carbonyl (C=O) groups excluding carboxylic acids is 2. The maximum Gasteiger partial charge on any atom is 0.303 e. The monoisotopic (exact) mass is 868 g/mol. The van der Waals surface area contributed by atoms with E-state index in [-0.39, 0.29) is 52.1 Å². The minimum atomic E-state index is -1.63. The molecule has 8 aliphatic rings. The number of hydrogen-bond acceptors (Lipinski definition) is 16. The maximum absolute atomic E-state index is 12.3. The van der Waals surface area contributed by atoms with Gasteiger partial charge < -0.3 is 68.9 Å². The summed E-state index contributed by atoms with van der Waals surface area (Å²) in [6.45, 7) is 16.2. The summed E-state index contributed by atoms with van der Waals surface area (Å²) in [5.74, 6) is -1.62. The van der Waals surface area contributed by atoms with Crippen LogP contribution >= 0.6 is 0 Å². The molecule has 16 heteroatoms. The number of rotatable bonds is 9. The number of ether oxygens (including phenoxy) is 7. The average Bonchev–Trinajstić information content (AvgIpc) is 3.52. The first-order chi connectivity index (χ1) is 28.3. The van der Waals surface area contributed by atoms with E-state index in [9.17, 15) is 45.3 Å². The molecule has 348 valence electrons. The van der Waals surface area contributed by atoms with E-state index < -0.39 is 109 Å². The molecule has 0 unspecified atom stereocenters. The summed E-state index contributed by atoms with van der Waals surface area (Å²) in [4.78, 5) is 24.1. The third-order valence-electron chi connectivity index (χ3n) is 18.2. The number of aliphatic hydroxyl groups is 7. The van der Waals surface area contributed by atoms with Crippen LogP contribution in [0, 0.1) is 44.8 Å². The molecule has 5 saturated carbocycles. The van der Waals surface area contributed by atoms with E-state index in [0.29, 0.717) is 25.7 Å². The van der Waals surface area contributed by atoms with Crippen molar-refractivity contribution in [3.63, 3.8) is 0 Å². The quantitative estimate of drug-likeness (QED) is 0.129. The lowest BCUT2D eigenvalue weighted by Crippen LogP contribution is -2.65. The van der Waals surface area contributed by atoms with Crippen molar-refractivity contribution < 1.29 is 78.5 Å². The van der Waals surface area contributed by atoms with E-state index in [1.165, 1.54) is 13.8 Å². The molecule has 0 aromatic rings. The Kier molecular flexibility index (Phi) is 11.5. The molecule has 16 nitrogen and oxygen atoms in total. The second-order valence-electron chi connectivity index (χ2n) is 22.2. The Hall–Kier alpha value is -1.54. The molecule has 0 bridgehead atoms. The number of hydrogen-bond donors (Lipinski definition) is 7. The third kappa shape index (κ3) is 6.89. The SMILES string of the molecule is CC(=O)O[C@@H]1[C@@H](O[C@@H]2CC[C@@]34C[C@@]35CC[C@@]3(C)[C@H]([C@]6(C)CC[C@H](C(C)(C)O)O6)[C@H](O)C[C@]3(C)[C@H]5C[C@@H](O[C@H]3O[C@@H](CO)[C@H](O)[C@@H](O)[C@@H]3O)[C@@H]4C2(C)C)OC[C@H](OC(C)=O)[C@H]1O. The zero-order valence-electron chi connectivity index (χ0n) is 37.3. The van der Waals surface area contributed by atoms with Crippen molar-refractivity contribution in [2.45, 2.75) is 211 Å². The molecule has 0 radical (unpaired) electrons. The van der Waals surface area contributed by atoms with Crippen molar-refractivity contribution >= 4 is 11.9 Å². The largest absolute Gasteiger partial charge is 0.457 e.